The minimum absolute atomic E-state index is 0.00773. The van der Waals surface area contributed by atoms with Crippen LogP contribution in [-0.4, -0.2) is 15.0 Å². The lowest BCUT2D eigenvalue weighted by Crippen LogP contribution is -1.89. The highest BCUT2D eigenvalue weighted by Gasteiger charge is 2.11. The van der Waals surface area contributed by atoms with Gasteiger partial charge in [0.05, 0.1) is 9.85 Å². The van der Waals surface area contributed by atoms with Gasteiger partial charge in [0.1, 0.15) is 11.5 Å². The zero-order valence-corrected chi connectivity index (χ0v) is 12.3. The van der Waals surface area contributed by atoms with Gasteiger partial charge in [-0.15, -0.1) is 0 Å². The van der Waals surface area contributed by atoms with Crippen LogP contribution in [0.3, 0.4) is 0 Å². The molecule has 1 aromatic heterocycles. The van der Waals surface area contributed by atoms with E-state index in [1.165, 1.54) is 24.3 Å². The summed E-state index contributed by atoms with van der Waals surface area (Å²) in [7, 11) is 0. The maximum Gasteiger partial charge on any atom is 0.269 e. The molecule has 0 spiro atoms. The van der Waals surface area contributed by atoms with Crippen molar-refractivity contribution in [2.24, 2.45) is 0 Å². The molecular formula is C16H11N3O5. The summed E-state index contributed by atoms with van der Waals surface area (Å²) in [6, 6.07) is 13.9. The predicted octanol–water partition coefficient (Wildman–Crippen LogP) is 3.75. The van der Waals surface area contributed by atoms with E-state index in [2.05, 4.69) is 5.16 Å². The van der Waals surface area contributed by atoms with E-state index < -0.39 is 9.85 Å². The molecule has 1 heterocycles. The highest BCUT2D eigenvalue weighted by atomic mass is 16.6. The first-order valence-corrected chi connectivity index (χ1v) is 6.97. The molecule has 0 saturated carbocycles. The largest absolute Gasteiger partial charge is 0.360 e. The van der Waals surface area contributed by atoms with Gasteiger partial charge in [0.15, 0.2) is 0 Å². The zero-order valence-electron chi connectivity index (χ0n) is 12.3. The monoisotopic (exact) mass is 325 g/mol. The lowest BCUT2D eigenvalue weighted by atomic mass is 10.1. The summed E-state index contributed by atoms with van der Waals surface area (Å²) in [5, 5.41) is 25.2. The van der Waals surface area contributed by atoms with Gasteiger partial charge in [0, 0.05) is 42.3 Å². The van der Waals surface area contributed by atoms with Crippen molar-refractivity contribution in [2.45, 2.75) is 6.42 Å². The standard InChI is InChI=1S/C16H11N3O5/c20-18(21)13-5-1-11(2-6-13)9-15-10-16(17-24-15)12-3-7-14(8-4-12)19(22)23/h1-8,10H,9H2. The van der Waals surface area contributed by atoms with Gasteiger partial charge in [-0.3, -0.25) is 20.2 Å². The number of non-ortho nitro benzene ring substituents is 2. The summed E-state index contributed by atoms with van der Waals surface area (Å²) in [5.41, 5.74) is 2.17. The molecule has 8 nitrogen and oxygen atoms in total. The fourth-order valence-corrected chi connectivity index (χ4v) is 2.22. The van der Waals surface area contributed by atoms with Crippen LogP contribution in [0.5, 0.6) is 0 Å². The second kappa shape index (κ2) is 6.29. The number of benzene rings is 2. The molecule has 0 saturated heterocycles. The van der Waals surface area contributed by atoms with E-state index in [9.17, 15) is 20.2 Å². The molecule has 0 fully saturated rings. The van der Waals surface area contributed by atoms with Crippen LogP contribution in [0.25, 0.3) is 11.3 Å². The van der Waals surface area contributed by atoms with E-state index >= 15 is 0 Å². The molecule has 120 valence electrons. The van der Waals surface area contributed by atoms with Crippen LogP contribution >= 0.6 is 0 Å². The normalized spacial score (nSPS) is 10.5. The number of hydrogen-bond acceptors (Lipinski definition) is 6. The first-order valence-electron chi connectivity index (χ1n) is 6.97. The van der Waals surface area contributed by atoms with Gasteiger partial charge in [0.25, 0.3) is 11.4 Å². The Kier molecular flexibility index (Phi) is 4.02. The van der Waals surface area contributed by atoms with Gasteiger partial charge in [-0.2, -0.15) is 0 Å². The van der Waals surface area contributed by atoms with Gasteiger partial charge in [-0.05, 0) is 17.7 Å². The smallest absolute Gasteiger partial charge is 0.269 e. The average Bonchev–Trinajstić information content (AvgIpc) is 3.04. The molecule has 0 aliphatic rings. The van der Waals surface area contributed by atoms with E-state index in [1.807, 2.05) is 0 Å². The molecule has 3 aromatic rings. The SMILES string of the molecule is O=[N+]([O-])c1ccc(Cc2cc(-c3ccc([N+](=O)[O-])cc3)no2)cc1. The Morgan fingerprint density at radius 3 is 1.96 bits per heavy atom. The number of nitro groups is 2. The maximum atomic E-state index is 10.7. The summed E-state index contributed by atoms with van der Waals surface area (Å²) in [4.78, 5) is 20.4. The average molecular weight is 325 g/mol. The fourth-order valence-electron chi connectivity index (χ4n) is 2.22. The highest BCUT2D eigenvalue weighted by molar-refractivity contribution is 5.60. The molecule has 0 atom stereocenters. The van der Waals surface area contributed by atoms with Gasteiger partial charge in [0.2, 0.25) is 0 Å². The molecule has 3 rings (SSSR count). The second-order valence-electron chi connectivity index (χ2n) is 5.08. The lowest BCUT2D eigenvalue weighted by Gasteiger charge is -1.97. The Balaban J connectivity index is 1.75. The number of aromatic nitrogens is 1. The third-order valence-electron chi connectivity index (χ3n) is 3.46. The first kappa shape index (κ1) is 15.3. The van der Waals surface area contributed by atoms with E-state index in [4.69, 9.17) is 4.52 Å². The Hall–Kier alpha value is -3.55. The van der Waals surface area contributed by atoms with Crippen molar-refractivity contribution in [1.82, 2.24) is 5.16 Å². The Morgan fingerprint density at radius 2 is 1.42 bits per heavy atom. The van der Waals surface area contributed by atoms with Gasteiger partial charge >= 0.3 is 0 Å². The topological polar surface area (TPSA) is 112 Å². The molecule has 0 radical (unpaired) electrons. The molecule has 0 bridgehead atoms. The molecular weight excluding hydrogens is 314 g/mol. The maximum absolute atomic E-state index is 10.7. The minimum Gasteiger partial charge on any atom is -0.360 e. The summed E-state index contributed by atoms with van der Waals surface area (Å²) in [6.07, 6.45) is 0.442. The van der Waals surface area contributed by atoms with Crippen LogP contribution in [0.1, 0.15) is 11.3 Å². The van der Waals surface area contributed by atoms with E-state index in [0.717, 1.165) is 5.56 Å². The third kappa shape index (κ3) is 3.27. The molecule has 0 aliphatic heterocycles. The van der Waals surface area contributed by atoms with Crippen molar-refractivity contribution in [2.75, 3.05) is 0 Å². The molecule has 0 aliphatic carbocycles. The van der Waals surface area contributed by atoms with Gasteiger partial charge in [-0.25, -0.2) is 0 Å². The molecule has 0 amide bonds. The van der Waals surface area contributed by atoms with Crippen molar-refractivity contribution >= 4 is 11.4 Å². The number of rotatable bonds is 5. The number of nitrogens with zero attached hydrogens (tertiary/aromatic N) is 3. The zero-order chi connectivity index (χ0) is 17.1. The summed E-state index contributed by atoms with van der Waals surface area (Å²) in [5.74, 6) is 0.595. The van der Waals surface area contributed by atoms with Crippen LogP contribution < -0.4 is 0 Å². The van der Waals surface area contributed by atoms with Crippen molar-refractivity contribution in [3.05, 3.63) is 86.1 Å². The van der Waals surface area contributed by atoms with E-state index in [1.54, 1.807) is 30.3 Å². The van der Waals surface area contributed by atoms with Crippen LogP contribution in [0, 0.1) is 20.2 Å². The number of hydrogen-bond donors (Lipinski definition) is 0. The van der Waals surface area contributed by atoms with Crippen molar-refractivity contribution in [3.8, 4) is 11.3 Å². The summed E-state index contributed by atoms with van der Waals surface area (Å²) < 4.78 is 5.26. The van der Waals surface area contributed by atoms with Crippen molar-refractivity contribution in [3.63, 3.8) is 0 Å². The van der Waals surface area contributed by atoms with Crippen molar-refractivity contribution < 1.29 is 14.4 Å². The highest BCUT2D eigenvalue weighted by Crippen LogP contribution is 2.23. The Bertz CT molecular complexity index is 885. The fraction of sp³-hybridized carbons (Fsp3) is 0.0625. The van der Waals surface area contributed by atoms with Crippen molar-refractivity contribution in [1.29, 1.82) is 0 Å². The molecule has 0 unspecified atom stereocenters. The van der Waals surface area contributed by atoms with E-state index in [-0.39, 0.29) is 11.4 Å². The Morgan fingerprint density at radius 1 is 0.875 bits per heavy atom. The lowest BCUT2D eigenvalue weighted by molar-refractivity contribution is -0.385. The molecule has 24 heavy (non-hydrogen) atoms. The first-order chi connectivity index (χ1) is 11.5. The predicted molar refractivity (Wildman–Crippen MR) is 84.5 cm³/mol. The quantitative estimate of drug-likeness (QED) is 0.521. The Labute approximate surface area is 135 Å². The second-order valence-corrected chi connectivity index (χ2v) is 5.08. The molecule has 2 aromatic carbocycles. The van der Waals surface area contributed by atoms with Gasteiger partial charge in [-0.1, -0.05) is 17.3 Å². The molecule has 8 heteroatoms. The minimum atomic E-state index is -0.466. The van der Waals surface area contributed by atoms with Crippen LogP contribution in [0.4, 0.5) is 11.4 Å². The van der Waals surface area contributed by atoms with E-state index in [0.29, 0.717) is 23.4 Å². The summed E-state index contributed by atoms with van der Waals surface area (Å²) >= 11 is 0. The number of nitro benzene ring substituents is 2. The van der Waals surface area contributed by atoms with Crippen LogP contribution in [0.2, 0.25) is 0 Å². The molecule has 0 N–H and O–H groups in total. The van der Waals surface area contributed by atoms with Gasteiger partial charge < -0.3 is 4.52 Å². The third-order valence-corrected chi connectivity index (χ3v) is 3.46. The van der Waals surface area contributed by atoms with Crippen LogP contribution in [-0.2, 0) is 6.42 Å². The summed E-state index contributed by atoms with van der Waals surface area (Å²) in [6.45, 7) is 0. The van der Waals surface area contributed by atoms with Crippen LogP contribution in [0.15, 0.2) is 59.1 Å².